The Morgan fingerprint density at radius 1 is 0.818 bits per heavy atom. The standard InChI is InChI=1S/C26H20N2O4.Na/c1-32-22-10-7-18(8-11-22)19-9-12-23(26(30)31)24(14-19)28-25(29)21-13-20(15-27-16-21)17-5-3-2-4-6-17;/h2-16H,1H3,(H,28,29)(H,30,31);/q;+1/p-1. The van der Waals surface area contributed by atoms with Crippen molar-refractivity contribution in [2.45, 2.75) is 0 Å². The fourth-order valence-corrected chi connectivity index (χ4v) is 3.34. The van der Waals surface area contributed by atoms with Crippen molar-refractivity contribution in [1.82, 2.24) is 4.98 Å². The minimum Gasteiger partial charge on any atom is -0.545 e. The third-order valence-corrected chi connectivity index (χ3v) is 5.02. The number of pyridine rings is 1. The Kier molecular flexibility index (Phi) is 8.01. The minimum atomic E-state index is -1.38. The van der Waals surface area contributed by atoms with Gasteiger partial charge < -0.3 is 20.0 Å². The average molecular weight is 446 g/mol. The van der Waals surface area contributed by atoms with E-state index >= 15 is 0 Å². The van der Waals surface area contributed by atoms with Crippen LogP contribution in [0.15, 0.2) is 91.3 Å². The first-order valence-corrected chi connectivity index (χ1v) is 9.87. The average Bonchev–Trinajstić information content (AvgIpc) is 2.84. The number of anilines is 1. The predicted molar refractivity (Wildman–Crippen MR) is 120 cm³/mol. The fourth-order valence-electron chi connectivity index (χ4n) is 3.34. The Balaban J connectivity index is 0.00000306. The summed E-state index contributed by atoms with van der Waals surface area (Å²) in [7, 11) is 1.58. The third kappa shape index (κ3) is 5.68. The van der Waals surface area contributed by atoms with Gasteiger partial charge >= 0.3 is 29.6 Å². The smallest absolute Gasteiger partial charge is 0.545 e. The Labute approximate surface area is 213 Å². The van der Waals surface area contributed by atoms with Crippen LogP contribution in [0.5, 0.6) is 5.75 Å². The summed E-state index contributed by atoms with van der Waals surface area (Å²) in [5, 5.41) is 14.3. The van der Waals surface area contributed by atoms with Gasteiger partial charge in [0.2, 0.25) is 0 Å². The number of carbonyl (C=O) groups excluding carboxylic acids is 2. The van der Waals surface area contributed by atoms with Crippen molar-refractivity contribution in [3.8, 4) is 28.0 Å². The second-order valence-corrected chi connectivity index (χ2v) is 7.06. The van der Waals surface area contributed by atoms with Crippen molar-refractivity contribution in [2.75, 3.05) is 12.4 Å². The molecule has 0 unspecified atom stereocenters. The summed E-state index contributed by atoms with van der Waals surface area (Å²) in [4.78, 5) is 28.7. The van der Waals surface area contributed by atoms with Gasteiger partial charge in [-0.15, -0.1) is 0 Å². The fraction of sp³-hybridized carbons (Fsp3) is 0.0385. The van der Waals surface area contributed by atoms with E-state index in [4.69, 9.17) is 4.74 Å². The van der Waals surface area contributed by atoms with E-state index in [0.717, 1.165) is 22.3 Å². The molecule has 0 saturated heterocycles. The predicted octanol–water partition coefficient (Wildman–Crippen LogP) is 1.04. The zero-order valence-corrected chi connectivity index (χ0v) is 20.2. The maximum atomic E-state index is 12.9. The van der Waals surface area contributed by atoms with E-state index in [9.17, 15) is 14.7 Å². The summed E-state index contributed by atoms with van der Waals surface area (Å²) in [6.45, 7) is 0. The van der Waals surface area contributed by atoms with Gasteiger partial charge in [-0.3, -0.25) is 9.78 Å². The molecule has 0 atom stereocenters. The topological polar surface area (TPSA) is 91.4 Å². The van der Waals surface area contributed by atoms with E-state index in [1.807, 2.05) is 42.5 Å². The molecule has 1 heterocycles. The van der Waals surface area contributed by atoms with Gasteiger partial charge in [-0.1, -0.05) is 54.6 Å². The van der Waals surface area contributed by atoms with Gasteiger partial charge in [0.25, 0.3) is 5.91 Å². The van der Waals surface area contributed by atoms with Crippen LogP contribution in [0.1, 0.15) is 20.7 Å². The van der Waals surface area contributed by atoms with Gasteiger partial charge in [-0.25, -0.2) is 0 Å². The number of aromatic nitrogens is 1. The summed E-state index contributed by atoms with van der Waals surface area (Å²) >= 11 is 0. The number of nitrogens with one attached hydrogen (secondary N) is 1. The number of carboxylic acids is 1. The first-order valence-electron chi connectivity index (χ1n) is 9.87. The molecule has 0 spiro atoms. The number of carbonyl (C=O) groups is 2. The number of ether oxygens (including phenoxy) is 1. The van der Waals surface area contributed by atoms with Crippen LogP contribution in [0.25, 0.3) is 22.3 Å². The van der Waals surface area contributed by atoms with Gasteiger partial charge in [0.15, 0.2) is 0 Å². The molecule has 0 aliphatic rings. The Hall–Kier alpha value is -3.45. The van der Waals surface area contributed by atoms with Crippen molar-refractivity contribution in [2.24, 2.45) is 0 Å². The second kappa shape index (κ2) is 10.9. The molecule has 33 heavy (non-hydrogen) atoms. The molecule has 0 aliphatic carbocycles. The summed E-state index contributed by atoms with van der Waals surface area (Å²) in [5.74, 6) is -1.14. The molecular formula is C26H19N2NaO4. The number of rotatable bonds is 6. The van der Waals surface area contributed by atoms with E-state index in [1.165, 1.54) is 12.3 Å². The maximum Gasteiger partial charge on any atom is 1.00 e. The molecular weight excluding hydrogens is 427 g/mol. The molecule has 7 heteroatoms. The quantitative estimate of drug-likeness (QED) is 0.447. The molecule has 0 radical (unpaired) electrons. The van der Waals surface area contributed by atoms with Crippen molar-refractivity contribution < 1.29 is 49.0 Å². The first kappa shape index (κ1) is 24.2. The van der Waals surface area contributed by atoms with Gasteiger partial charge in [0, 0.05) is 23.5 Å². The summed E-state index contributed by atoms with van der Waals surface area (Å²) in [6, 6.07) is 23.3. The Morgan fingerprint density at radius 3 is 2.15 bits per heavy atom. The van der Waals surface area contributed by atoms with E-state index in [1.54, 1.807) is 43.6 Å². The van der Waals surface area contributed by atoms with Crippen molar-refractivity contribution >= 4 is 17.6 Å². The minimum absolute atomic E-state index is 0. The van der Waals surface area contributed by atoms with Crippen LogP contribution < -0.4 is 44.7 Å². The second-order valence-electron chi connectivity index (χ2n) is 7.06. The van der Waals surface area contributed by atoms with E-state index in [-0.39, 0.29) is 40.8 Å². The molecule has 0 aliphatic heterocycles. The summed E-state index contributed by atoms with van der Waals surface area (Å²) in [5.41, 5.74) is 3.64. The van der Waals surface area contributed by atoms with Crippen LogP contribution in [0.3, 0.4) is 0 Å². The molecule has 0 fully saturated rings. The molecule has 3 aromatic carbocycles. The van der Waals surface area contributed by atoms with Crippen molar-refractivity contribution in [3.05, 3.63) is 102 Å². The number of carboxylic acid groups (broad SMARTS) is 1. The number of nitrogens with zero attached hydrogens (tertiary/aromatic N) is 1. The summed E-state index contributed by atoms with van der Waals surface area (Å²) < 4.78 is 5.17. The van der Waals surface area contributed by atoms with Crippen molar-refractivity contribution in [3.63, 3.8) is 0 Å². The number of amides is 1. The Morgan fingerprint density at radius 2 is 1.48 bits per heavy atom. The van der Waals surface area contributed by atoms with E-state index in [2.05, 4.69) is 10.3 Å². The van der Waals surface area contributed by atoms with Crippen LogP contribution in [0.4, 0.5) is 5.69 Å². The van der Waals surface area contributed by atoms with E-state index < -0.39 is 11.9 Å². The zero-order valence-electron chi connectivity index (χ0n) is 18.2. The van der Waals surface area contributed by atoms with Crippen LogP contribution in [0.2, 0.25) is 0 Å². The number of hydrogen-bond acceptors (Lipinski definition) is 5. The maximum absolute atomic E-state index is 12.9. The Bertz CT molecular complexity index is 1280. The van der Waals surface area contributed by atoms with E-state index in [0.29, 0.717) is 11.3 Å². The van der Waals surface area contributed by atoms with Crippen LogP contribution in [-0.4, -0.2) is 24.0 Å². The van der Waals surface area contributed by atoms with Gasteiger partial charge in [-0.05, 0) is 41.0 Å². The number of benzene rings is 3. The number of hydrogen-bond donors (Lipinski definition) is 1. The van der Waals surface area contributed by atoms with Gasteiger partial charge in [-0.2, -0.15) is 0 Å². The third-order valence-electron chi connectivity index (χ3n) is 5.02. The van der Waals surface area contributed by atoms with Crippen LogP contribution in [-0.2, 0) is 0 Å². The van der Waals surface area contributed by atoms with Crippen molar-refractivity contribution in [1.29, 1.82) is 0 Å². The number of aromatic carboxylic acids is 1. The molecule has 4 rings (SSSR count). The molecule has 1 amide bonds. The molecule has 0 saturated carbocycles. The number of methoxy groups -OCH3 is 1. The molecule has 4 aromatic rings. The molecule has 6 nitrogen and oxygen atoms in total. The van der Waals surface area contributed by atoms with Crippen LogP contribution in [0, 0.1) is 0 Å². The first-order chi connectivity index (χ1) is 15.5. The van der Waals surface area contributed by atoms with Gasteiger partial charge in [0.1, 0.15) is 5.75 Å². The molecule has 0 bridgehead atoms. The molecule has 1 aromatic heterocycles. The SMILES string of the molecule is COc1ccc(-c2ccc(C(=O)[O-])c(NC(=O)c3cncc(-c4ccccc4)c3)c2)cc1.[Na+]. The normalized spacial score (nSPS) is 10.1. The summed E-state index contributed by atoms with van der Waals surface area (Å²) in [6.07, 6.45) is 3.11. The molecule has 158 valence electrons. The monoisotopic (exact) mass is 446 g/mol. The zero-order chi connectivity index (χ0) is 22.5. The van der Waals surface area contributed by atoms with Gasteiger partial charge in [0.05, 0.1) is 24.3 Å². The molecule has 1 N–H and O–H groups in total. The van der Waals surface area contributed by atoms with Crippen LogP contribution >= 0.6 is 0 Å². The largest absolute Gasteiger partial charge is 1.00 e.